The van der Waals surface area contributed by atoms with Gasteiger partial charge in [0.1, 0.15) is 0 Å². The number of hydrogen-bond acceptors (Lipinski definition) is 4. The molecule has 0 unspecified atom stereocenters. The van der Waals surface area contributed by atoms with Crippen molar-refractivity contribution < 1.29 is 9.53 Å². The Morgan fingerprint density at radius 1 is 1.42 bits per heavy atom. The molecule has 0 amide bonds. The Labute approximate surface area is 110 Å². The average Bonchev–Trinajstić information content (AvgIpc) is 2.40. The Morgan fingerprint density at radius 2 is 2.16 bits per heavy atom. The summed E-state index contributed by atoms with van der Waals surface area (Å²) < 4.78 is 7.94. The minimum atomic E-state index is -0.543. The molecule has 1 aliphatic heterocycles. The Balaban J connectivity index is 2.37. The topological polar surface area (TPSA) is 70.3 Å². The van der Waals surface area contributed by atoms with Gasteiger partial charge in [0.05, 0.1) is 18.2 Å². The van der Waals surface area contributed by atoms with Crippen LogP contribution in [0.15, 0.2) is 15.8 Å². The summed E-state index contributed by atoms with van der Waals surface area (Å²) in [6.07, 6.45) is 4.33. The van der Waals surface area contributed by atoms with E-state index in [1.807, 2.05) is 0 Å². The Morgan fingerprint density at radius 3 is 2.74 bits per heavy atom. The third kappa shape index (κ3) is 2.84. The van der Waals surface area contributed by atoms with E-state index in [4.69, 9.17) is 4.74 Å². The first kappa shape index (κ1) is 13.7. The molecule has 6 nitrogen and oxygen atoms in total. The molecule has 0 saturated carbocycles. The van der Waals surface area contributed by atoms with Gasteiger partial charge in [0.15, 0.2) is 5.78 Å². The van der Waals surface area contributed by atoms with Gasteiger partial charge in [-0.2, -0.15) is 0 Å². The summed E-state index contributed by atoms with van der Waals surface area (Å²) in [5.74, 6) is -0.334. The van der Waals surface area contributed by atoms with E-state index in [1.54, 1.807) is 0 Å². The molecule has 1 aliphatic rings. The summed E-state index contributed by atoms with van der Waals surface area (Å²) >= 11 is 0. The third-order valence-electron chi connectivity index (χ3n) is 3.41. The first-order valence-corrected chi connectivity index (χ1v) is 6.43. The molecule has 0 radical (unpaired) electrons. The number of carbonyl (C=O) groups excluding carboxylic acids is 1. The number of nitrogens with zero attached hydrogens (tertiary/aromatic N) is 2. The molecule has 1 fully saturated rings. The molecule has 0 aliphatic carbocycles. The van der Waals surface area contributed by atoms with Crippen LogP contribution in [0.25, 0.3) is 0 Å². The van der Waals surface area contributed by atoms with E-state index in [2.05, 4.69) is 0 Å². The quantitative estimate of drug-likeness (QED) is 0.739. The molecule has 0 bridgehead atoms. The molecular weight excluding hydrogens is 248 g/mol. The number of carbonyl (C=O) groups is 1. The van der Waals surface area contributed by atoms with Crippen molar-refractivity contribution in [2.24, 2.45) is 7.05 Å². The molecule has 0 aromatic carbocycles. The van der Waals surface area contributed by atoms with Crippen molar-refractivity contribution in [2.45, 2.75) is 38.8 Å². The highest BCUT2D eigenvalue weighted by Gasteiger charge is 2.18. The fourth-order valence-electron chi connectivity index (χ4n) is 2.27. The number of Topliss-reactive ketones (excluding diaryl/α,β-unsaturated/α-hetero) is 1. The minimum Gasteiger partial charge on any atom is -0.376 e. The summed E-state index contributed by atoms with van der Waals surface area (Å²) in [5, 5.41) is 0. The smallest absolute Gasteiger partial charge is 0.330 e. The predicted molar refractivity (Wildman–Crippen MR) is 69.5 cm³/mol. The van der Waals surface area contributed by atoms with Gasteiger partial charge in [-0.15, -0.1) is 0 Å². The zero-order valence-electron chi connectivity index (χ0n) is 11.2. The SMILES string of the molecule is CC(=O)c1cn(C[C@H]2CCCCO2)c(=O)n(C)c1=O. The molecule has 104 valence electrons. The lowest BCUT2D eigenvalue weighted by molar-refractivity contribution is 0.00497. The third-order valence-corrected chi connectivity index (χ3v) is 3.41. The highest BCUT2D eigenvalue weighted by atomic mass is 16.5. The Hall–Kier alpha value is -1.69. The van der Waals surface area contributed by atoms with Crippen molar-refractivity contribution in [1.82, 2.24) is 9.13 Å². The van der Waals surface area contributed by atoms with Crippen LogP contribution in [0.3, 0.4) is 0 Å². The second kappa shape index (κ2) is 5.52. The lowest BCUT2D eigenvalue weighted by Crippen LogP contribution is -2.42. The van der Waals surface area contributed by atoms with Crippen LogP contribution >= 0.6 is 0 Å². The van der Waals surface area contributed by atoms with Gasteiger partial charge in [-0.05, 0) is 26.2 Å². The highest BCUT2D eigenvalue weighted by molar-refractivity contribution is 5.93. The maximum Gasteiger partial charge on any atom is 0.330 e. The van der Waals surface area contributed by atoms with Crippen molar-refractivity contribution in [2.75, 3.05) is 6.61 Å². The molecule has 0 N–H and O–H groups in total. The van der Waals surface area contributed by atoms with Crippen LogP contribution < -0.4 is 11.2 Å². The summed E-state index contributed by atoms with van der Waals surface area (Å²) in [7, 11) is 1.38. The lowest BCUT2D eigenvalue weighted by Gasteiger charge is -2.23. The van der Waals surface area contributed by atoms with Crippen LogP contribution in [0.1, 0.15) is 36.5 Å². The summed E-state index contributed by atoms with van der Waals surface area (Å²) in [6, 6.07) is 0. The summed E-state index contributed by atoms with van der Waals surface area (Å²) in [5.41, 5.74) is -0.916. The van der Waals surface area contributed by atoms with Gasteiger partial charge in [0.2, 0.25) is 0 Å². The van der Waals surface area contributed by atoms with Gasteiger partial charge in [-0.1, -0.05) is 0 Å². The van der Waals surface area contributed by atoms with Crippen LogP contribution in [-0.2, 0) is 18.3 Å². The van der Waals surface area contributed by atoms with E-state index in [1.165, 1.54) is 24.7 Å². The van der Waals surface area contributed by atoms with Gasteiger partial charge in [-0.25, -0.2) is 4.79 Å². The summed E-state index contributed by atoms with van der Waals surface area (Å²) in [4.78, 5) is 35.2. The number of ether oxygens (including phenoxy) is 1. The highest BCUT2D eigenvalue weighted by Crippen LogP contribution is 2.13. The van der Waals surface area contributed by atoms with Crippen LogP contribution in [0.2, 0.25) is 0 Å². The predicted octanol–water partition coefficient (Wildman–Crippen LogP) is 0.319. The summed E-state index contributed by atoms with van der Waals surface area (Å²) in [6.45, 7) is 2.40. The molecule has 0 spiro atoms. The average molecular weight is 266 g/mol. The second-order valence-electron chi connectivity index (χ2n) is 4.89. The zero-order chi connectivity index (χ0) is 14.0. The maximum absolute atomic E-state index is 12.0. The lowest BCUT2D eigenvalue weighted by atomic mass is 10.1. The van der Waals surface area contributed by atoms with E-state index in [0.29, 0.717) is 13.2 Å². The van der Waals surface area contributed by atoms with Crippen LogP contribution in [-0.4, -0.2) is 27.6 Å². The first-order valence-electron chi connectivity index (χ1n) is 6.43. The van der Waals surface area contributed by atoms with E-state index in [-0.39, 0.29) is 17.5 Å². The number of aromatic nitrogens is 2. The molecule has 6 heteroatoms. The van der Waals surface area contributed by atoms with Crippen molar-refractivity contribution in [3.63, 3.8) is 0 Å². The molecule has 1 aromatic rings. The first-order chi connectivity index (χ1) is 9.00. The normalized spacial score (nSPS) is 19.4. The van der Waals surface area contributed by atoms with Gasteiger partial charge in [-0.3, -0.25) is 18.7 Å². The van der Waals surface area contributed by atoms with Crippen molar-refractivity contribution in [3.05, 3.63) is 32.6 Å². The van der Waals surface area contributed by atoms with Crippen molar-refractivity contribution in [1.29, 1.82) is 0 Å². The van der Waals surface area contributed by atoms with E-state index < -0.39 is 11.2 Å². The zero-order valence-corrected chi connectivity index (χ0v) is 11.2. The monoisotopic (exact) mass is 266 g/mol. The fourth-order valence-corrected chi connectivity index (χ4v) is 2.27. The maximum atomic E-state index is 12.0. The van der Waals surface area contributed by atoms with E-state index >= 15 is 0 Å². The molecule has 1 aromatic heterocycles. The Bertz CT molecular complexity index is 594. The standard InChI is InChI=1S/C13H18N2O4/c1-9(16)11-8-15(13(18)14(2)12(11)17)7-10-5-3-4-6-19-10/h8,10H,3-7H2,1-2H3/t10-/m1/s1. The number of ketones is 1. The molecule has 2 rings (SSSR count). The van der Waals surface area contributed by atoms with Crippen LogP contribution in [0.4, 0.5) is 0 Å². The molecule has 2 heterocycles. The minimum absolute atomic E-state index is 0.0243. The number of hydrogen-bond donors (Lipinski definition) is 0. The van der Waals surface area contributed by atoms with Crippen molar-refractivity contribution in [3.8, 4) is 0 Å². The second-order valence-corrected chi connectivity index (χ2v) is 4.89. The van der Waals surface area contributed by atoms with Gasteiger partial charge in [0.25, 0.3) is 5.56 Å². The Kier molecular flexibility index (Phi) is 3.99. The van der Waals surface area contributed by atoms with Crippen LogP contribution in [0, 0.1) is 0 Å². The van der Waals surface area contributed by atoms with E-state index in [9.17, 15) is 14.4 Å². The largest absolute Gasteiger partial charge is 0.376 e. The van der Waals surface area contributed by atoms with Gasteiger partial charge < -0.3 is 4.74 Å². The number of rotatable bonds is 3. The molecule has 19 heavy (non-hydrogen) atoms. The molecular formula is C13H18N2O4. The molecule has 1 atom stereocenters. The van der Waals surface area contributed by atoms with Gasteiger partial charge >= 0.3 is 5.69 Å². The van der Waals surface area contributed by atoms with Gasteiger partial charge in [0, 0.05) is 19.9 Å². The molecule has 1 saturated heterocycles. The van der Waals surface area contributed by atoms with E-state index in [0.717, 1.165) is 23.8 Å². The van der Waals surface area contributed by atoms with Crippen LogP contribution in [0.5, 0.6) is 0 Å². The fraction of sp³-hybridized carbons (Fsp3) is 0.615. The van der Waals surface area contributed by atoms with Crippen molar-refractivity contribution >= 4 is 5.78 Å².